The SMILES string of the molecule is COc1cc(N)ccc1OCc1cccc(F)c1Cl. The van der Waals surface area contributed by atoms with E-state index >= 15 is 0 Å². The minimum atomic E-state index is -0.466. The summed E-state index contributed by atoms with van der Waals surface area (Å²) in [5.41, 5.74) is 6.79. The van der Waals surface area contributed by atoms with Crippen LogP contribution in [0.2, 0.25) is 5.02 Å². The second-order valence-electron chi connectivity index (χ2n) is 3.91. The summed E-state index contributed by atoms with van der Waals surface area (Å²) >= 11 is 5.85. The van der Waals surface area contributed by atoms with E-state index in [1.54, 1.807) is 30.3 Å². The summed E-state index contributed by atoms with van der Waals surface area (Å²) in [4.78, 5) is 0. The quantitative estimate of drug-likeness (QED) is 0.870. The number of anilines is 1. The van der Waals surface area contributed by atoms with Gasteiger partial charge in [-0.15, -0.1) is 0 Å². The van der Waals surface area contributed by atoms with Crippen molar-refractivity contribution in [1.29, 1.82) is 0 Å². The van der Waals surface area contributed by atoms with E-state index in [1.165, 1.54) is 13.2 Å². The Bertz CT molecular complexity index is 590. The normalized spacial score (nSPS) is 10.3. The van der Waals surface area contributed by atoms with Gasteiger partial charge in [-0.2, -0.15) is 0 Å². The number of ether oxygens (including phenoxy) is 2. The van der Waals surface area contributed by atoms with Crippen LogP contribution in [0.1, 0.15) is 5.56 Å². The topological polar surface area (TPSA) is 44.5 Å². The van der Waals surface area contributed by atoms with Crippen molar-refractivity contribution in [3.05, 3.63) is 52.8 Å². The molecule has 0 radical (unpaired) electrons. The standard InChI is InChI=1S/C14H13ClFNO2/c1-18-13-7-10(17)5-6-12(13)19-8-9-3-2-4-11(16)14(9)15/h2-7H,8,17H2,1H3. The van der Waals surface area contributed by atoms with Gasteiger partial charge in [0, 0.05) is 17.3 Å². The Hall–Kier alpha value is -1.94. The molecule has 0 heterocycles. The molecule has 0 aromatic heterocycles. The van der Waals surface area contributed by atoms with Gasteiger partial charge in [0.05, 0.1) is 12.1 Å². The van der Waals surface area contributed by atoms with Crippen LogP contribution in [-0.4, -0.2) is 7.11 Å². The van der Waals surface area contributed by atoms with Crippen molar-refractivity contribution in [1.82, 2.24) is 0 Å². The average molecular weight is 282 g/mol. The van der Waals surface area contributed by atoms with Gasteiger partial charge in [0.2, 0.25) is 0 Å². The lowest BCUT2D eigenvalue weighted by Crippen LogP contribution is -2.00. The molecule has 0 fully saturated rings. The molecule has 0 spiro atoms. The van der Waals surface area contributed by atoms with E-state index in [1.807, 2.05) is 0 Å². The highest BCUT2D eigenvalue weighted by molar-refractivity contribution is 6.31. The molecule has 0 saturated heterocycles. The zero-order valence-corrected chi connectivity index (χ0v) is 11.1. The van der Waals surface area contributed by atoms with E-state index < -0.39 is 5.82 Å². The number of nitrogens with two attached hydrogens (primary N) is 1. The summed E-state index contributed by atoms with van der Waals surface area (Å²) in [6, 6.07) is 9.64. The first-order valence-corrected chi connectivity index (χ1v) is 5.99. The molecule has 19 heavy (non-hydrogen) atoms. The Balaban J connectivity index is 2.17. The van der Waals surface area contributed by atoms with Gasteiger partial charge in [0.15, 0.2) is 11.5 Å². The third kappa shape index (κ3) is 3.09. The minimum absolute atomic E-state index is 0.0666. The number of hydrogen-bond donors (Lipinski definition) is 1. The fourth-order valence-electron chi connectivity index (χ4n) is 1.62. The van der Waals surface area contributed by atoms with Gasteiger partial charge in [0.1, 0.15) is 12.4 Å². The highest BCUT2D eigenvalue weighted by Gasteiger charge is 2.09. The monoisotopic (exact) mass is 281 g/mol. The predicted octanol–water partition coefficient (Wildman–Crippen LogP) is 3.65. The average Bonchev–Trinajstić information content (AvgIpc) is 2.41. The maximum atomic E-state index is 13.3. The number of methoxy groups -OCH3 is 1. The van der Waals surface area contributed by atoms with Crippen molar-refractivity contribution >= 4 is 17.3 Å². The number of rotatable bonds is 4. The van der Waals surface area contributed by atoms with Crippen LogP contribution >= 0.6 is 11.6 Å². The fraction of sp³-hybridized carbons (Fsp3) is 0.143. The van der Waals surface area contributed by atoms with Gasteiger partial charge in [-0.3, -0.25) is 0 Å². The molecule has 2 aromatic carbocycles. The van der Waals surface area contributed by atoms with Gasteiger partial charge in [-0.1, -0.05) is 23.7 Å². The van der Waals surface area contributed by atoms with Crippen molar-refractivity contribution < 1.29 is 13.9 Å². The van der Waals surface area contributed by atoms with Gasteiger partial charge >= 0.3 is 0 Å². The third-order valence-corrected chi connectivity index (χ3v) is 3.03. The smallest absolute Gasteiger partial charge is 0.162 e. The molecule has 2 rings (SSSR count). The van der Waals surface area contributed by atoms with E-state index in [0.29, 0.717) is 22.7 Å². The third-order valence-electron chi connectivity index (χ3n) is 2.60. The number of nitrogen functional groups attached to an aromatic ring is 1. The molecule has 0 amide bonds. The van der Waals surface area contributed by atoms with Crippen LogP contribution in [0.25, 0.3) is 0 Å². The summed E-state index contributed by atoms with van der Waals surface area (Å²) in [5, 5.41) is 0.0666. The van der Waals surface area contributed by atoms with Crippen LogP contribution < -0.4 is 15.2 Å². The van der Waals surface area contributed by atoms with Crippen molar-refractivity contribution in [3.8, 4) is 11.5 Å². The zero-order chi connectivity index (χ0) is 13.8. The molecule has 0 atom stereocenters. The van der Waals surface area contributed by atoms with Gasteiger partial charge in [-0.05, 0) is 18.2 Å². The molecule has 0 saturated carbocycles. The highest BCUT2D eigenvalue weighted by Crippen LogP contribution is 2.30. The van der Waals surface area contributed by atoms with Crippen LogP contribution in [0, 0.1) is 5.82 Å². The summed E-state index contributed by atoms with van der Waals surface area (Å²) in [7, 11) is 1.52. The molecule has 2 N–H and O–H groups in total. The Morgan fingerprint density at radius 2 is 2.00 bits per heavy atom. The van der Waals surface area contributed by atoms with E-state index in [-0.39, 0.29) is 11.6 Å². The van der Waals surface area contributed by atoms with Crippen LogP contribution in [0.3, 0.4) is 0 Å². The van der Waals surface area contributed by atoms with Crippen LogP contribution in [-0.2, 0) is 6.61 Å². The second kappa shape index (κ2) is 5.80. The molecule has 5 heteroatoms. The lowest BCUT2D eigenvalue weighted by atomic mass is 10.2. The molecule has 2 aromatic rings. The van der Waals surface area contributed by atoms with Gasteiger partial charge in [-0.25, -0.2) is 4.39 Å². The van der Waals surface area contributed by atoms with Crippen LogP contribution in [0.4, 0.5) is 10.1 Å². The van der Waals surface area contributed by atoms with E-state index in [0.717, 1.165) is 0 Å². The molecule has 100 valence electrons. The van der Waals surface area contributed by atoms with Crippen molar-refractivity contribution in [3.63, 3.8) is 0 Å². The lowest BCUT2D eigenvalue weighted by Gasteiger charge is -2.12. The molecule has 0 unspecified atom stereocenters. The molecule has 3 nitrogen and oxygen atoms in total. The first kappa shape index (κ1) is 13.5. The summed E-state index contributed by atoms with van der Waals surface area (Å²) in [6.45, 7) is 0.150. The van der Waals surface area contributed by atoms with E-state index in [9.17, 15) is 4.39 Å². The Kier molecular flexibility index (Phi) is 4.12. The van der Waals surface area contributed by atoms with Crippen molar-refractivity contribution in [2.24, 2.45) is 0 Å². The fourth-order valence-corrected chi connectivity index (χ4v) is 1.80. The molecule has 0 aliphatic heterocycles. The summed E-state index contributed by atoms with van der Waals surface area (Å²) < 4.78 is 24.0. The zero-order valence-electron chi connectivity index (χ0n) is 10.3. The largest absolute Gasteiger partial charge is 0.493 e. The predicted molar refractivity (Wildman–Crippen MR) is 73.1 cm³/mol. The molecular formula is C14H13ClFNO2. The first-order chi connectivity index (χ1) is 9.11. The summed E-state index contributed by atoms with van der Waals surface area (Å²) in [6.07, 6.45) is 0. The maximum absolute atomic E-state index is 13.3. The van der Waals surface area contributed by atoms with Crippen LogP contribution in [0.5, 0.6) is 11.5 Å². The molecule has 0 aliphatic rings. The first-order valence-electron chi connectivity index (χ1n) is 5.61. The Morgan fingerprint density at radius 1 is 1.21 bits per heavy atom. The van der Waals surface area contributed by atoms with Gasteiger partial charge < -0.3 is 15.2 Å². The number of halogens is 2. The summed E-state index contributed by atoms with van der Waals surface area (Å²) in [5.74, 6) is 0.580. The second-order valence-corrected chi connectivity index (χ2v) is 4.29. The van der Waals surface area contributed by atoms with Crippen molar-refractivity contribution in [2.45, 2.75) is 6.61 Å². The highest BCUT2D eigenvalue weighted by atomic mass is 35.5. The molecule has 0 aliphatic carbocycles. The Morgan fingerprint density at radius 3 is 2.74 bits per heavy atom. The maximum Gasteiger partial charge on any atom is 0.162 e. The van der Waals surface area contributed by atoms with Crippen LogP contribution in [0.15, 0.2) is 36.4 Å². The number of hydrogen-bond acceptors (Lipinski definition) is 3. The lowest BCUT2D eigenvalue weighted by molar-refractivity contribution is 0.284. The minimum Gasteiger partial charge on any atom is -0.493 e. The van der Waals surface area contributed by atoms with E-state index in [2.05, 4.69) is 0 Å². The van der Waals surface area contributed by atoms with Crippen molar-refractivity contribution in [2.75, 3.05) is 12.8 Å². The molecule has 0 bridgehead atoms. The molecular weight excluding hydrogens is 269 g/mol. The van der Waals surface area contributed by atoms with E-state index in [4.69, 9.17) is 26.8 Å². The van der Waals surface area contributed by atoms with Gasteiger partial charge in [0.25, 0.3) is 0 Å². The Labute approximate surface area is 115 Å². The number of benzene rings is 2.